The van der Waals surface area contributed by atoms with Crippen molar-refractivity contribution >= 4 is 23.2 Å². The second kappa shape index (κ2) is 6.36. The van der Waals surface area contributed by atoms with Gasteiger partial charge in [-0.2, -0.15) is 0 Å². The van der Waals surface area contributed by atoms with Gasteiger partial charge in [0.25, 0.3) is 0 Å². The Kier molecular flexibility index (Phi) is 5.43. The van der Waals surface area contributed by atoms with Crippen LogP contribution in [0.3, 0.4) is 0 Å². The largest absolute Gasteiger partial charge is 0.496 e. The summed E-state index contributed by atoms with van der Waals surface area (Å²) in [4.78, 5) is 0. The lowest BCUT2D eigenvalue weighted by Gasteiger charge is -2.18. The van der Waals surface area contributed by atoms with Gasteiger partial charge in [-0.15, -0.1) is 11.6 Å². The molecule has 0 amide bonds. The predicted molar refractivity (Wildman–Crippen MR) is 70.8 cm³/mol. The highest BCUT2D eigenvalue weighted by Gasteiger charge is 2.15. The SMILES string of the molecule is CCC(Cl)C(C)Cc1cc(Cl)ccc1OC. The average molecular weight is 261 g/mol. The lowest BCUT2D eigenvalue weighted by molar-refractivity contribution is 0.404. The second-order valence-electron chi connectivity index (χ2n) is 4.06. The molecular weight excluding hydrogens is 243 g/mol. The minimum Gasteiger partial charge on any atom is -0.496 e. The van der Waals surface area contributed by atoms with Crippen LogP contribution in [-0.4, -0.2) is 12.5 Å². The Bertz CT molecular complexity index is 339. The lowest BCUT2D eigenvalue weighted by Crippen LogP contribution is -2.13. The van der Waals surface area contributed by atoms with E-state index < -0.39 is 0 Å². The first-order valence-corrected chi connectivity index (χ1v) is 6.36. The quantitative estimate of drug-likeness (QED) is 0.707. The van der Waals surface area contributed by atoms with E-state index in [9.17, 15) is 0 Å². The average Bonchev–Trinajstić information content (AvgIpc) is 2.28. The third kappa shape index (κ3) is 3.57. The molecule has 0 spiro atoms. The van der Waals surface area contributed by atoms with Crippen LogP contribution >= 0.6 is 23.2 Å². The molecule has 0 saturated carbocycles. The van der Waals surface area contributed by atoms with Gasteiger partial charge in [-0.25, -0.2) is 0 Å². The maximum atomic E-state index is 6.23. The molecule has 1 aromatic carbocycles. The van der Waals surface area contributed by atoms with Crippen LogP contribution in [0.2, 0.25) is 5.02 Å². The van der Waals surface area contributed by atoms with Crippen molar-refractivity contribution in [1.29, 1.82) is 0 Å². The van der Waals surface area contributed by atoms with Gasteiger partial charge in [0, 0.05) is 10.4 Å². The fourth-order valence-electron chi connectivity index (χ4n) is 1.78. The minimum atomic E-state index is 0.198. The maximum absolute atomic E-state index is 6.23. The van der Waals surface area contributed by atoms with E-state index in [-0.39, 0.29) is 5.38 Å². The van der Waals surface area contributed by atoms with Gasteiger partial charge in [-0.1, -0.05) is 25.4 Å². The predicted octanol–water partition coefficient (Wildman–Crippen LogP) is 4.54. The summed E-state index contributed by atoms with van der Waals surface area (Å²) in [5.41, 5.74) is 1.13. The Morgan fingerprint density at radius 3 is 2.62 bits per heavy atom. The van der Waals surface area contributed by atoms with Gasteiger partial charge in [-0.3, -0.25) is 0 Å². The summed E-state index contributed by atoms with van der Waals surface area (Å²) >= 11 is 12.2. The van der Waals surface area contributed by atoms with Gasteiger partial charge in [-0.05, 0) is 42.5 Å². The fraction of sp³-hybridized carbons (Fsp3) is 0.538. The molecule has 0 bridgehead atoms. The van der Waals surface area contributed by atoms with Gasteiger partial charge in [0.2, 0.25) is 0 Å². The number of hydrogen-bond acceptors (Lipinski definition) is 1. The molecule has 16 heavy (non-hydrogen) atoms. The molecule has 1 rings (SSSR count). The van der Waals surface area contributed by atoms with E-state index in [1.54, 1.807) is 7.11 Å². The van der Waals surface area contributed by atoms with Gasteiger partial charge in [0.15, 0.2) is 0 Å². The van der Waals surface area contributed by atoms with E-state index in [0.717, 1.165) is 29.2 Å². The first kappa shape index (κ1) is 13.7. The van der Waals surface area contributed by atoms with Crippen LogP contribution in [0.4, 0.5) is 0 Å². The van der Waals surface area contributed by atoms with E-state index in [0.29, 0.717) is 5.92 Å². The third-order valence-electron chi connectivity index (χ3n) is 2.79. The van der Waals surface area contributed by atoms with Crippen molar-refractivity contribution in [2.45, 2.75) is 32.1 Å². The highest BCUT2D eigenvalue weighted by atomic mass is 35.5. The zero-order chi connectivity index (χ0) is 12.1. The fourth-order valence-corrected chi connectivity index (χ4v) is 2.07. The van der Waals surface area contributed by atoms with Gasteiger partial charge in [0.05, 0.1) is 7.11 Å². The number of benzene rings is 1. The van der Waals surface area contributed by atoms with Crippen LogP contribution in [0.5, 0.6) is 5.75 Å². The summed E-state index contributed by atoms with van der Waals surface area (Å²) < 4.78 is 5.31. The van der Waals surface area contributed by atoms with Crippen molar-refractivity contribution in [2.24, 2.45) is 5.92 Å². The van der Waals surface area contributed by atoms with Crippen molar-refractivity contribution < 1.29 is 4.74 Å². The van der Waals surface area contributed by atoms with Crippen LogP contribution in [0.1, 0.15) is 25.8 Å². The molecule has 0 N–H and O–H groups in total. The van der Waals surface area contributed by atoms with E-state index in [1.807, 2.05) is 18.2 Å². The van der Waals surface area contributed by atoms with E-state index in [1.165, 1.54) is 0 Å². The van der Waals surface area contributed by atoms with Gasteiger partial charge >= 0.3 is 0 Å². The summed E-state index contributed by atoms with van der Waals surface area (Å²) in [6, 6.07) is 5.70. The molecule has 0 fully saturated rings. The van der Waals surface area contributed by atoms with Crippen LogP contribution in [0.15, 0.2) is 18.2 Å². The first-order valence-electron chi connectivity index (χ1n) is 5.55. The van der Waals surface area contributed by atoms with Crippen LogP contribution in [0, 0.1) is 5.92 Å². The van der Waals surface area contributed by atoms with Crippen LogP contribution in [-0.2, 0) is 6.42 Å². The maximum Gasteiger partial charge on any atom is 0.122 e. The van der Waals surface area contributed by atoms with Crippen molar-refractivity contribution in [3.63, 3.8) is 0 Å². The molecule has 0 aliphatic carbocycles. The number of alkyl halides is 1. The Morgan fingerprint density at radius 2 is 2.06 bits per heavy atom. The third-order valence-corrected chi connectivity index (χ3v) is 3.77. The monoisotopic (exact) mass is 260 g/mol. The summed E-state index contributed by atoms with van der Waals surface area (Å²) in [7, 11) is 1.68. The number of rotatable bonds is 5. The number of halogens is 2. The topological polar surface area (TPSA) is 9.23 Å². The molecule has 2 atom stereocenters. The van der Waals surface area contributed by atoms with Crippen molar-refractivity contribution in [2.75, 3.05) is 7.11 Å². The minimum absolute atomic E-state index is 0.198. The molecule has 0 aliphatic rings. The van der Waals surface area contributed by atoms with Crippen molar-refractivity contribution in [1.82, 2.24) is 0 Å². The normalized spacial score (nSPS) is 14.6. The molecule has 90 valence electrons. The molecule has 1 nitrogen and oxygen atoms in total. The van der Waals surface area contributed by atoms with Gasteiger partial charge < -0.3 is 4.74 Å². The molecule has 0 radical (unpaired) electrons. The smallest absolute Gasteiger partial charge is 0.122 e. The second-order valence-corrected chi connectivity index (χ2v) is 5.06. The van der Waals surface area contributed by atoms with E-state index in [4.69, 9.17) is 27.9 Å². The number of hydrogen-bond donors (Lipinski definition) is 0. The Balaban J connectivity index is 2.82. The molecule has 0 aliphatic heterocycles. The highest BCUT2D eigenvalue weighted by Crippen LogP contribution is 2.27. The standard InChI is InChI=1S/C13H18Cl2O/c1-4-12(15)9(2)7-10-8-11(14)5-6-13(10)16-3/h5-6,8-9,12H,4,7H2,1-3H3. The molecule has 0 heterocycles. The van der Waals surface area contributed by atoms with Crippen LogP contribution in [0.25, 0.3) is 0 Å². The molecule has 1 aromatic rings. The summed E-state index contributed by atoms with van der Waals surface area (Å²) in [6.45, 7) is 4.25. The molecule has 0 saturated heterocycles. The zero-order valence-electron chi connectivity index (χ0n) is 9.97. The van der Waals surface area contributed by atoms with E-state index in [2.05, 4.69) is 13.8 Å². The number of ether oxygens (including phenoxy) is 1. The summed E-state index contributed by atoms with van der Waals surface area (Å²) in [5, 5.41) is 0.939. The highest BCUT2D eigenvalue weighted by molar-refractivity contribution is 6.30. The molecule has 3 heteroatoms. The number of methoxy groups -OCH3 is 1. The summed E-state index contributed by atoms with van der Waals surface area (Å²) in [6.07, 6.45) is 1.87. The van der Waals surface area contributed by atoms with E-state index >= 15 is 0 Å². The lowest BCUT2D eigenvalue weighted by atomic mass is 9.96. The summed E-state index contributed by atoms with van der Waals surface area (Å²) in [5.74, 6) is 1.30. The van der Waals surface area contributed by atoms with Crippen molar-refractivity contribution in [3.05, 3.63) is 28.8 Å². The molecular formula is C13H18Cl2O. The zero-order valence-corrected chi connectivity index (χ0v) is 11.5. The Labute approximate surface area is 108 Å². The molecule has 2 unspecified atom stereocenters. The van der Waals surface area contributed by atoms with Crippen molar-refractivity contribution in [3.8, 4) is 5.75 Å². The van der Waals surface area contributed by atoms with Gasteiger partial charge in [0.1, 0.15) is 5.75 Å². The Morgan fingerprint density at radius 1 is 1.38 bits per heavy atom. The molecule has 0 aromatic heterocycles. The first-order chi connectivity index (χ1) is 7.58. The Hall–Kier alpha value is -0.400. The van der Waals surface area contributed by atoms with Crippen LogP contribution < -0.4 is 4.74 Å².